The summed E-state index contributed by atoms with van der Waals surface area (Å²) in [5.74, 6) is 0.831. The highest BCUT2D eigenvalue weighted by Gasteiger charge is 2.19. The predicted octanol–water partition coefficient (Wildman–Crippen LogP) is 1.13. The van der Waals surface area contributed by atoms with Crippen molar-refractivity contribution in [2.45, 2.75) is 0 Å². The predicted molar refractivity (Wildman–Crippen MR) is 73.3 cm³/mol. The molecule has 0 radical (unpaired) electrons. The third-order valence-electron chi connectivity index (χ3n) is 3.05. The van der Waals surface area contributed by atoms with Crippen LogP contribution in [0, 0.1) is 11.3 Å². The molecule has 96 valence electrons. The number of nitriles is 1. The lowest BCUT2D eigenvalue weighted by atomic mass is 10.3. The summed E-state index contributed by atoms with van der Waals surface area (Å²) in [7, 11) is 0. The van der Waals surface area contributed by atoms with Gasteiger partial charge in [-0.25, -0.2) is 15.0 Å². The van der Waals surface area contributed by atoms with Crippen molar-refractivity contribution in [2.75, 3.05) is 36.0 Å². The van der Waals surface area contributed by atoms with Crippen LogP contribution in [0.2, 0.25) is 0 Å². The molecule has 1 saturated heterocycles. The number of anilines is 2. The van der Waals surface area contributed by atoms with Gasteiger partial charge in [0.05, 0.1) is 12.4 Å². The van der Waals surface area contributed by atoms with Gasteiger partial charge in [0.25, 0.3) is 0 Å². The molecule has 0 bridgehead atoms. The summed E-state index contributed by atoms with van der Waals surface area (Å²) < 4.78 is 0. The minimum atomic E-state index is 0.352. The third kappa shape index (κ3) is 2.48. The van der Waals surface area contributed by atoms with E-state index in [-0.39, 0.29) is 0 Å². The molecule has 0 amide bonds. The molecule has 0 aromatic carbocycles. The van der Waals surface area contributed by atoms with Crippen LogP contribution in [0.1, 0.15) is 5.69 Å². The molecule has 6 nitrogen and oxygen atoms in total. The minimum absolute atomic E-state index is 0.352. The second kappa shape index (κ2) is 5.20. The van der Waals surface area contributed by atoms with Gasteiger partial charge in [-0.3, -0.25) is 0 Å². The number of rotatable bonds is 2. The van der Waals surface area contributed by atoms with Crippen LogP contribution < -0.4 is 9.80 Å². The van der Waals surface area contributed by atoms with E-state index in [2.05, 4.69) is 24.8 Å². The van der Waals surface area contributed by atoms with Crippen LogP contribution in [0.5, 0.6) is 0 Å². The van der Waals surface area contributed by atoms with Crippen molar-refractivity contribution in [3.8, 4) is 6.07 Å². The molecule has 1 aliphatic rings. The van der Waals surface area contributed by atoms with Gasteiger partial charge >= 0.3 is 0 Å². The standard InChI is InChI=1S/C12H12N6S/c13-7-10-8-16-11(9-15-10)17-2-4-18(5-3-17)12-14-1-6-19-12/h1,6,8-9H,2-5H2. The highest BCUT2D eigenvalue weighted by atomic mass is 32.1. The van der Waals surface area contributed by atoms with Gasteiger partial charge in [0.15, 0.2) is 10.8 Å². The van der Waals surface area contributed by atoms with Gasteiger partial charge in [-0.05, 0) is 0 Å². The van der Waals surface area contributed by atoms with E-state index in [4.69, 9.17) is 5.26 Å². The summed E-state index contributed by atoms with van der Waals surface area (Å²) in [5, 5.41) is 11.8. The van der Waals surface area contributed by atoms with Crippen molar-refractivity contribution in [2.24, 2.45) is 0 Å². The third-order valence-corrected chi connectivity index (χ3v) is 3.88. The Morgan fingerprint density at radius 2 is 1.84 bits per heavy atom. The molecule has 2 aromatic heterocycles. The fourth-order valence-electron chi connectivity index (χ4n) is 2.04. The van der Waals surface area contributed by atoms with Gasteiger partial charge in [0.1, 0.15) is 11.9 Å². The Hall–Kier alpha value is -2.20. The van der Waals surface area contributed by atoms with Crippen molar-refractivity contribution in [1.29, 1.82) is 5.26 Å². The van der Waals surface area contributed by atoms with Crippen LogP contribution >= 0.6 is 11.3 Å². The quantitative estimate of drug-likeness (QED) is 0.816. The number of hydrogen-bond acceptors (Lipinski definition) is 7. The number of nitrogens with zero attached hydrogens (tertiary/aromatic N) is 6. The molecule has 0 aliphatic carbocycles. The average Bonchev–Trinajstić information content (AvgIpc) is 3.02. The van der Waals surface area contributed by atoms with Crippen LogP contribution in [-0.4, -0.2) is 41.1 Å². The van der Waals surface area contributed by atoms with Gasteiger partial charge in [0, 0.05) is 37.8 Å². The lowest BCUT2D eigenvalue weighted by molar-refractivity contribution is 0.645. The summed E-state index contributed by atoms with van der Waals surface area (Å²) in [6.07, 6.45) is 5.01. The van der Waals surface area contributed by atoms with Gasteiger partial charge in [-0.1, -0.05) is 0 Å². The Labute approximate surface area is 115 Å². The molecule has 3 rings (SSSR count). The Morgan fingerprint density at radius 3 is 2.42 bits per heavy atom. The summed E-state index contributed by atoms with van der Waals surface area (Å²) in [5.41, 5.74) is 0.352. The summed E-state index contributed by atoms with van der Waals surface area (Å²) in [6, 6.07) is 1.98. The Morgan fingerprint density at radius 1 is 1.05 bits per heavy atom. The maximum Gasteiger partial charge on any atom is 0.185 e. The van der Waals surface area contributed by atoms with Crippen LogP contribution in [0.3, 0.4) is 0 Å². The van der Waals surface area contributed by atoms with Gasteiger partial charge in [-0.2, -0.15) is 5.26 Å². The van der Waals surface area contributed by atoms with Crippen molar-refractivity contribution >= 4 is 22.3 Å². The zero-order valence-corrected chi connectivity index (χ0v) is 11.0. The van der Waals surface area contributed by atoms with E-state index in [0.717, 1.165) is 37.1 Å². The monoisotopic (exact) mass is 272 g/mol. The number of thiazole rings is 1. The largest absolute Gasteiger partial charge is 0.352 e. The Bertz CT molecular complexity index is 565. The molecule has 0 saturated carbocycles. The fraction of sp³-hybridized carbons (Fsp3) is 0.333. The summed E-state index contributed by atoms with van der Waals surface area (Å²) >= 11 is 1.66. The number of aromatic nitrogens is 3. The molecule has 1 fully saturated rings. The summed E-state index contributed by atoms with van der Waals surface area (Å²) in [4.78, 5) is 17.1. The molecule has 3 heterocycles. The van der Waals surface area contributed by atoms with Crippen molar-refractivity contribution in [3.63, 3.8) is 0 Å². The van der Waals surface area contributed by atoms with Crippen LogP contribution in [0.4, 0.5) is 10.9 Å². The second-order valence-corrected chi connectivity index (χ2v) is 5.03. The molecule has 0 unspecified atom stereocenters. The fourth-order valence-corrected chi connectivity index (χ4v) is 2.74. The topological polar surface area (TPSA) is 68.9 Å². The lowest BCUT2D eigenvalue weighted by Gasteiger charge is -2.35. The normalized spacial score (nSPS) is 15.3. The molecule has 1 aliphatic heterocycles. The Kier molecular flexibility index (Phi) is 3.25. The first-order chi connectivity index (χ1) is 9.36. The van der Waals surface area contributed by atoms with Crippen LogP contribution in [-0.2, 0) is 0 Å². The smallest absolute Gasteiger partial charge is 0.185 e. The highest BCUT2D eigenvalue weighted by molar-refractivity contribution is 7.13. The van der Waals surface area contributed by atoms with Crippen molar-refractivity contribution < 1.29 is 0 Å². The first kappa shape index (κ1) is 11.9. The zero-order chi connectivity index (χ0) is 13.1. The first-order valence-electron chi connectivity index (χ1n) is 5.98. The maximum absolute atomic E-state index is 8.70. The van der Waals surface area contributed by atoms with E-state index >= 15 is 0 Å². The first-order valence-corrected chi connectivity index (χ1v) is 6.86. The molecule has 19 heavy (non-hydrogen) atoms. The van der Waals surface area contributed by atoms with Gasteiger partial charge in [-0.15, -0.1) is 11.3 Å². The van der Waals surface area contributed by atoms with Gasteiger partial charge in [0.2, 0.25) is 0 Å². The zero-order valence-electron chi connectivity index (χ0n) is 10.2. The van der Waals surface area contributed by atoms with E-state index in [1.54, 1.807) is 17.5 Å². The van der Waals surface area contributed by atoms with Crippen molar-refractivity contribution in [1.82, 2.24) is 15.0 Å². The van der Waals surface area contributed by atoms with E-state index in [0.29, 0.717) is 5.69 Å². The minimum Gasteiger partial charge on any atom is -0.352 e. The van der Waals surface area contributed by atoms with E-state index < -0.39 is 0 Å². The Balaban J connectivity index is 1.65. The number of hydrogen-bond donors (Lipinski definition) is 0. The van der Waals surface area contributed by atoms with Crippen molar-refractivity contribution in [3.05, 3.63) is 29.7 Å². The molecule has 2 aromatic rings. The summed E-state index contributed by atoms with van der Waals surface area (Å²) in [6.45, 7) is 3.63. The average molecular weight is 272 g/mol. The van der Waals surface area contributed by atoms with Gasteiger partial charge < -0.3 is 9.80 Å². The second-order valence-electron chi connectivity index (χ2n) is 4.16. The highest BCUT2D eigenvalue weighted by Crippen LogP contribution is 2.20. The molecular formula is C12H12N6S. The van der Waals surface area contributed by atoms with E-state index in [1.807, 2.05) is 17.6 Å². The van der Waals surface area contributed by atoms with Crippen LogP contribution in [0.15, 0.2) is 24.0 Å². The molecule has 0 N–H and O–H groups in total. The molecule has 0 spiro atoms. The number of piperazine rings is 1. The van der Waals surface area contributed by atoms with E-state index in [1.165, 1.54) is 6.20 Å². The SMILES string of the molecule is N#Cc1cnc(N2CCN(c3nccs3)CC2)cn1. The van der Waals surface area contributed by atoms with Crippen LogP contribution in [0.25, 0.3) is 0 Å². The molecule has 0 atom stereocenters. The molecular weight excluding hydrogens is 260 g/mol. The molecule has 7 heteroatoms. The van der Waals surface area contributed by atoms with E-state index in [9.17, 15) is 0 Å². The maximum atomic E-state index is 8.70. The lowest BCUT2D eigenvalue weighted by Crippen LogP contribution is -2.46.